The van der Waals surface area contributed by atoms with Crippen LogP contribution < -0.4 is 10.1 Å². The summed E-state index contributed by atoms with van der Waals surface area (Å²) in [4.78, 5) is 3.32. The molecule has 6 nitrogen and oxygen atoms in total. The van der Waals surface area contributed by atoms with Crippen LogP contribution in [0.25, 0.3) is 5.69 Å². The van der Waals surface area contributed by atoms with E-state index in [9.17, 15) is 13.2 Å². The molecular formula is C18H17ClF3N5O. The zero-order valence-electron chi connectivity index (χ0n) is 15.0. The molecule has 0 saturated heterocycles. The minimum Gasteiger partial charge on any atom is -0.489 e. The van der Waals surface area contributed by atoms with Gasteiger partial charge in [-0.25, -0.2) is 4.68 Å². The molecule has 0 aliphatic carbocycles. The van der Waals surface area contributed by atoms with Crippen LogP contribution in [0.15, 0.2) is 42.7 Å². The molecule has 1 aromatic carbocycles. The first kappa shape index (κ1) is 19.9. The zero-order valence-corrected chi connectivity index (χ0v) is 15.8. The predicted octanol–water partition coefficient (Wildman–Crippen LogP) is 4.73. The first-order chi connectivity index (χ1) is 13.2. The highest BCUT2D eigenvalue weighted by molar-refractivity contribution is 6.32. The van der Waals surface area contributed by atoms with Gasteiger partial charge < -0.3 is 10.1 Å². The normalized spacial score (nSPS) is 11.7. The number of ether oxygens (including phenoxy) is 1. The second kappa shape index (κ2) is 8.05. The molecular weight excluding hydrogens is 395 g/mol. The van der Waals surface area contributed by atoms with Crippen molar-refractivity contribution >= 4 is 17.3 Å². The van der Waals surface area contributed by atoms with E-state index in [0.29, 0.717) is 22.2 Å². The molecule has 2 heterocycles. The zero-order chi connectivity index (χ0) is 20.3. The number of rotatable bonds is 6. The van der Waals surface area contributed by atoms with Crippen molar-refractivity contribution in [2.45, 2.75) is 32.7 Å². The summed E-state index contributed by atoms with van der Waals surface area (Å²) in [6, 6.07) is 7.62. The molecule has 0 saturated carbocycles. The molecule has 3 aromatic rings. The summed E-state index contributed by atoms with van der Waals surface area (Å²) in [5.41, 5.74) is 0.557. The lowest BCUT2D eigenvalue weighted by molar-refractivity contribution is -0.141. The van der Waals surface area contributed by atoms with Crippen LogP contribution in [0.1, 0.15) is 25.2 Å². The highest BCUT2D eigenvalue weighted by atomic mass is 35.5. The lowest BCUT2D eigenvalue weighted by Crippen LogP contribution is -2.09. The number of benzene rings is 1. The number of nitrogens with one attached hydrogen (secondary N) is 1. The van der Waals surface area contributed by atoms with E-state index in [1.165, 1.54) is 10.7 Å². The van der Waals surface area contributed by atoms with Gasteiger partial charge in [0, 0.05) is 11.9 Å². The third-order valence-electron chi connectivity index (χ3n) is 3.61. The fraction of sp³-hybridized carbons (Fsp3) is 0.278. The maximum absolute atomic E-state index is 12.7. The van der Waals surface area contributed by atoms with Crippen LogP contribution in [-0.4, -0.2) is 26.1 Å². The summed E-state index contributed by atoms with van der Waals surface area (Å²) in [6.45, 7) is 4.01. The average Bonchev–Trinajstić information content (AvgIpc) is 3.10. The van der Waals surface area contributed by atoms with Crippen molar-refractivity contribution < 1.29 is 17.9 Å². The van der Waals surface area contributed by atoms with Crippen molar-refractivity contribution in [2.24, 2.45) is 0 Å². The molecule has 0 fully saturated rings. The Balaban J connectivity index is 1.69. The van der Waals surface area contributed by atoms with Gasteiger partial charge in [-0.15, -0.1) is 5.10 Å². The second-order valence-electron chi connectivity index (χ2n) is 6.22. The molecule has 10 heteroatoms. The first-order valence-electron chi connectivity index (χ1n) is 8.37. The van der Waals surface area contributed by atoms with Crippen LogP contribution in [0.2, 0.25) is 5.02 Å². The monoisotopic (exact) mass is 411 g/mol. The van der Waals surface area contributed by atoms with E-state index in [1.807, 2.05) is 13.8 Å². The second-order valence-corrected chi connectivity index (χ2v) is 6.62. The van der Waals surface area contributed by atoms with Crippen molar-refractivity contribution in [3.63, 3.8) is 0 Å². The van der Waals surface area contributed by atoms with Gasteiger partial charge in [0.2, 0.25) is 0 Å². The van der Waals surface area contributed by atoms with Gasteiger partial charge in [0.25, 0.3) is 0 Å². The van der Waals surface area contributed by atoms with Gasteiger partial charge in [-0.05, 0) is 44.2 Å². The summed E-state index contributed by atoms with van der Waals surface area (Å²) >= 11 is 6.23. The topological polar surface area (TPSA) is 64.9 Å². The molecule has 0 aliphatic rings. The number of anilines is 1. The maximum Gasteiger partial charge on any atom is 0.433 e. The quantitative estimate of drug-likeness (QED) is 0.635. The largest absolute Gasteiger partial charge is 0.489 e. The molecule has 0 bridgehead atoms. The van der Waals surface area contributed by atoms with Crippen LogP contribution in [0.5, 0.6) is 5.75 Å². The molecule has 0 aliphatic heterocycles. The molecule has 0 unspecified atom stereocenters. The van der Waals surface area contributed by atoms with E-state index in [0.717, 1.165) is 12.3 Å². The Morgan fingerprint density at radius 3 is 2.68 bits per heavy atom. The van der Waals surface area contributed by atoms with Crippen molar-refractivity contribution in [3.05, 3.63) is 59.1 Å². The van der Waals surface area contributed by atoms with E-state index < -0.39 is 11.9 Å². The average molecular weight is 412 g/mol. The fourth-order valence-electron chi connectivity index (χ4n) is 2.38. The van der Waals surface area contributed by atoms with Crippen LogP contribution in [0.4, 0.5) is 18.9 Å². The minimum absolute atomic E-state index is 0.00144. The van der Waals surface area contributed by atoms with Gasteiger partial charge in [-0.3, -0.25) is 4.98 Å². The van der Waals surface area contributed by atoms with Crippen molar-refractivity contribution in [2.75, 3.05) is 5.32 Å². The highest BCUT2D eigenvalue weighted by Gasteiger charge is 2.32. The predicted molar refractivity (Wildman–Crippen MR) is 98.7 cm³/mol. The van der Waals surface area contributed by atoms with Gasteiger partial charge in [0.1, 0.15) is 17.1 Å². The SMILES string of the molecule is CC(C)Oc1ccc(-n2cc(CNc3ccnc(C(F)(F)F)c3)nn2)cc1Cl. The van der Waals surface area contributed by atoms with Gasteiger partial charge in [0.05, 0.1) is 29.6 Å². The highest BCUT2D eigenvalue weighted by Crippen LogP contribution is 2.29. The fourth-order valence-corrected chi connectivity index (χ4v) is 2.59. The lowest BCUT2D eigenvalue weighted by atomic mass is 10.3. The van der Waals surface area contributed by atoms with Gasteiger partial charge in [-0.2, -0.15) is 13.2 Å². The number of hydrogen-bond acceptors (Lipinski definition) is 5. The van der Waals surface area contributed by atoms with E-state index in [1.54, 1.807) is 24.4 Å². The minimum atomic E-state index is -4.49. The Labute approximate surface area is 164 Å². The van der Waals surface area contributed by atoms with E-state index >= 15 is 0 Å². The van der Waals surface area contributed by atoms with Crippen LogP contribution >= 0.6 is 11.6 Å². The van der Waals surface area contributed by atoms with Gasteiger partial charge in [0.15, 0.2) is 0 Å². The van der Waals surface area contributed by atoms with Gasteiger partial charge >= 0.3 is 6.18 Å². The smallest absolute Gasteiger partial charge is 0.433 e. The molecule has 148 valence electrons. The Morgan fingerprint density at radius 1 is 1.21 bits per heavy atom. The Kier molecular flexibility index (Phi) is 5.73. The summed E-state index contributed by atoms with van der Waals surface area (Å²) in [5, 5.41) is 11.4. The third kappa shape index (κ3) is 4.92. The maximum atomic E-state index is 12.7. The van der Waals surface area contributed by atoms with Crippen molar-refractivity contribution in [1.82, 2.24) is 20.0 Å². The number of alkyl halides is 3. The van der Waals surface area contributed by atoms with Crippen LogP contribution in [0.3, 0.4) is 0 Å². The number of nitrogens with zero attached hydrogens (tertiary/aromatic N) is 4. The number of hydrogen-bond donors (Lipinski definition) is 1. The van der Waals surface area contributed by atoms with Crippen molar-refractivity contribution in [1.29, 1.82) is 0 Å². The van der Waals surface area contributed by atoms with Gasteiger partial charge in [-0.1, -0.05) is 16.8 Å². The summed E-state index contributed by atoms with van der Waals surface area (Å²) in [7, 11) is 0. The molecule has 2 aromatic heterocycles. The molecule has 0 radical (unpaired) electrons. The summed E-state index contributed by atoms with van der Waals surface area (Å²) in [6.07, 6.45) is -1.73. The van der Waals surface area contributed by atoms with Crippen LogP contribution in [0, 0.1) is 0 Å². The molecule has 1 N–H and O–H groups in total. The first-order valence-corrected chi connectivity index (χ1v) is 8.75. The number of halogens is 4. The Bertz CT molecular complexity index is 958. The number of pyridine rings is 1. The van der Waals surface area contributed by atoms with E-state index in [4.69, 9.17) is 16.3 Å². The Morgan fingerprint density at radius 2 is 2.00 bits per heavy atom. The van der Waals surface area contributed by atoms with Crippen molar-refractivity contribution in [3.8, 4) is 11.4 Å². The summed E-state index contributed by atoms with van der Waals surface area (Å²) in [5.74, 6) is 0.570. The molecule has 3 rings (SSSR count). The molecule has 0 atom stereocenters. The number of aromatic nitrogens is 4. The van der Waals surface area contributed by atoms with E-state index in [2.05, 4.69) is 20.6 Å². The Hall–Kier alpha value is -2.81. The third-order valence-corrected chi connectivity index (χ3v) is 3.90. The lowest BCUT2D eigenvalue weighted by Gasteiger charge is -2.12. The summed E-state index contributed by atoms with van der Waals surface area (Å²) < 4.78 is 45.3. The molecule has 0 spiro atoms. The standard InChI is InChI=1S/C18H17ClF3N5O/c1-11(2)28-16-4-3-14(8-15(16)19)27-10-13(25-26-27)9-24-12-5-6-23-17(7-12)18(20,21)22/h3-8,10-11H,9H2,1-2H3,(H,23,24). The molecule has 0 amide bonds. The molecule has 28 heavy (non-hydrogen) atoms. The van der Waals surface area contributed by atoms with Crippen LogP contribution in [-0.2, 0) is 12.7 Å². The van der Waals surface area contributed by atoms with E-state index in [-0.39, 0.29) is 18.3 Å².